The van der Waals surface area contributed by atoms with Crippen LogP contribution in [0.2, 0.25) is 0 Å². The monoisotopic (exact) mass is 304 g/mol. The van der Waals surface area contributed by atoms with Crippen molar-refractivity contribution in [2.24, 2.45) is 5.92 Å². The minimum atomic E-state index is 0.394. The largest absolute Gasteiger partial charge is 0.316 e. The lowest BCUT2D eigenvalue weighted by atomic mass is 10.2. The quantitative estimate of drug-likeness (QED) is 0.762. The number of likely N-dealkylation sites (N-methyl/N-ethyl adjacent to an activating group) is 1. The van der Waals surface area contributed by atoms with Gasteiger partial charge in [-0.2, -0.15) is 5.10 Å². The molecule has 5 heteroatoms. The van der Waals surface area contributed by atoms with Crippen LogP contribution in [0.4, 0.5) is 0 Å². The van der Waals surface area contributed by atoms with Gasteiger partial charge in [0.05, 0.1) is 0 Å². The van der Waals surface area contributed by atoms with Gasteiger partial charge in [-0.1, -0.05) is 32.0 Å². The Hall–Kier alpha value is -1.33. The van der Waals surface area contributed by atoms with Crippen LogP contribution in [0, 0.1) is 5.92 Å². The van der Waals surface area contributed by atoms with E-state index >= 15 is 0 Å². The van der Waals surface area contributed by atoms with Crippen LogP contribution >= 0.6 is 11.8 Å². The molecule has 0 fully saturated rings. The molecule has 1 heterocycles. The highest BCUT2D eigenvalue weighted by Crippen LogP contribution is 2.19. The molecule has 1 N–H and O–H groups in total. The molecule has 0 saturated heterocycles. The first kappa shape index (κ1) is 16.0. The van der Waals surface area contributed by atoms with Gasteiger partial charge >= 0.3 is 0 Å². The summed E-state index contributed by atoms with van der Waals surface area (Å²) >= 11 is 1.87. The van der Waals surface area contributed by atoms with Gasteiger partial charge in [-0.15, -0.1) is 11.8 Å². The molecular weight excluding hydrogens is 280 g/mol. The van der Waals surface area contributed by atoms with Gasteiger partial charge in [-0.05, 0) is 25.1 Å². The first-order valence-corrected chi connectivity index (χ1v) is 8.39. The van der Waals surface area contributed by atoms with Crippen molar-refractivity contribution in [1.82, 2.24) is 20.1 Å². The highest BCUT2D eigenvalue weighted by Gasteiger charge is 2.13. The predicted molar refractivity (Wildman–Crippen MR) is 88.6 cm³/mol. The number of nitrogens with zero attached hydrogens (tertiary/aromatic N) is 3. The van der Waals surface area contributed by atoms with Crippen molar-refractivity contribution in [3.05, 3.63) is 42.5 Å². The van der Waals surface area contributed by atoms with E-state index in [1.54, 1.807) is 6.33 Å². The van der Waals surface area contributed by atoms with Crippen molar-refractivity contribution in [2.75, 3.05) is 12.8 Å². The van der Waals surface area contributed by atoms with Crippen LogP contribution in [0.1, 0.15) is 19.7 Å². The molecule has 1 unspecified atom stereocenters. The Kier molecular flexibility index (Phi) is 6.26. The molecule has 4 nitrogen and oxygen atoms in total. The molecule has 1 atom stereocenters. The summed E-state index contributed by atoms with van der Waals surface area (Å²) in [6.45, 7) is 5.33. The van der Waals surface area contributed by atoms with E-state index in [1.807, 2.05) is 29.6 Å². The van der Waals surface area contributed by atoms with E-state index in [9.17, 15) is 0 Å². The van der Waals surface area contributed by atoms with Crippen LogP contribution in [0.15, 0.2) is 41.6 Å². The zero-order chi connectivity index (χ0) is 15.1. The summed E-state index contributed by atoms with van der Waals surface area (Å²) in [7, 11) is 2.01. The highest BCUT2D eigenvalue weighted by molar-refractivity contribution is 7.99. The standard InChI is InChI=1S/C16H24N4S/c1-13(2)10-20-16(18-12-19-20)9-14(17-3)11-21-15-7-5-4-6-8-15/h4-8,12-14,17H,9-11H2,1-3H3. The number of rotatable bonds is 8. The van der Waals surface area contributed by atoms with Gasteiger partial charge in [0.15, 0.2) is 0 Å². The fourth-order valence-electron chi connectivity index (χ4n) is 2.12. The van der Waals surface area contributed by atoms with Gasteiger partial charge in [-0.25, -0.2) is 9.67 Å². The number of thioether (sulfide) groups is 1. The van der Waals surface area contributed by atoms with Gasteiger partial charge in [0.2, 0.25) is 0 Å². The number of benzene rings is 1. The fourth-order valence-corrected chi connectivity index (χ4v) is 3.15. The van der Waals surface area contributed by atoms with Crippen LogP contribution in [0.25, 0.3) is 0 Å². The van der Waals surface area contributed by atoms with Crippen LogP contribution in [0.3, 0.4) is 0 Å². The maximum absolute atomic E-state index is 4.41. The minimum Gasteiger partial charge on any atom is -0.316 e. The summed E-state index contributed by atoms with van der Waals surface area (Å²) in [6.07, 6.45) is 2.57. The Labute approximate surface area is 131 Å². The number of hydrogen-bond donors (Lipinski definition) is 1. The third-order valence-electron chi connectivity index (χ3n) is 3.27. The topological polar surface area (TPSA) is 42.7 Å². The molecule has 0 spiro atoms. The van der Waals surface area contributed by atoms with Crippen LogP contribution in [0.5, 0.6) is 0 Å². The first-order valence-electron chi connectivity index (χ1n) is 7.40. The molecule has 21 heavy (non-hydrogen) atoms. The maximum Gasteiger partial charge on any atom is 0.138 e. The molecule has 0 aliphatic carbocycles. The van der Waals surface area contributed by atoms with E-state index in [0.29, 0.717) is 12.0 Å². The molecule has 0 amide bonds. The summed E-state index contributed by atoms with van der Waals surface area (Å²) < 4.78 is 2.03. The fraction of sp³-hybridized carbons (Fsp3) is 0.500. The van der Waals surface area contributed by atoms with Crippen molar-refractivity contribution in [1.29, 1.82) is 0 Å². The second-order valence-corrected chi connectivity index (χ2v) is 6.66. The normalized spacial score (nSPS) is 12.8. The second kappa shape index (κ2) is 8.20. The van der Waals surface area contributed by atoms with Gasteiger partial charge in [0.1, 0.15) is 12.2 Å². The van der Waals surface area contributed by atoms with E-state index < -0.39 is 0 Å². The molecule has 114 valence electrons. The SMILES string of the molecule is CNC(CSc1ccccc1)Cc1ncnn1CC(C)C. The van der Waals surface area contributed by atoms with Crippen LogP contribution in [-0.4, -0.2) is 33.6 Å². The third-order valence-corrected chi connectivity index (χ3v) is 4.44. The molecular formula is C16H24N4S. The molecule has 0 aliphatic rings. The summed E-state index contributed by atoms with van der Waals surface area (Å²) in [5.74, 6) is 2.67. The predicted octanol–water partition coefficient (Wildman–Crippen LogP) is 2.86. The van der Waals surface area contributed by atoms with E-state index in [1.165, 1.54) is 4.90 Å². The molecule has 0 saturated carbocycles. The summed E-state index contributed by atoms with van der Waals surface area (Å²) in [6, 6.07) is 10.9. The van der Waals surface area contributed by atoms with Crippen molar-refractivity contribution < 1.29 is 0 Å². The van der Waals surface area contributed by atoms with Gasteiger partial charge in [0.25, 0.3) is 0 Å². The Morgan fingerprint density at radius 2 is 2.00 bits per heavy atom. The highest BCUT2D eigenvalue weighted by atomic mass is 32.2. The number of aromatic nitrogens is 3. The zero-order valence-corrected chi connectivity index (χ0v) is 13.8. The minimum absolute atomic E-state index is 0.394. The molecule has 0 bridgehead atoms. The molecule has 2 aromatic rings. The number of hydrogen-bond acceptors (Lipinski definition) is 4. The average molecular weight is 304 g/mol. The maximum atomic E-state index is 4.41. The van der Waals surface area contributed by atoms with Crippen LogP contribution < -0.4 is 5.32 Å². The van der Waals surface area contributed by atoms with Crippen molar-refractivity contribution >= 4 is 11.8 Å². The van der Waals surface area contributed by atoms with Crippen LogP contribution in [-0.2, 0) is 13.0 Å². The lowest BCUT2D eigenvalue weighted by Crippen LogP contribution is -2.31. The molecule has 2 rings (SSSR count). The van der Waals surface area contributed by atoms with E-state index in [0.717, 1.165) is 24.5 Å². The second-order valence-electron chi connectivity index (χ2n) is 5.57. The Morgan fingerprint density at radius 3 is 2.67 bits per heavy atom. The zero-order valence-electron chi connectivity index (χ0n) is 13.0. The van der Waals surface area contributed by atoms with Gasteiger partial charge < -0.3 is 5.32 Å². The van der Waals surface area contributed by atoms with Crippen molar-refractivity contribution in [3.8, 4) is 0 Å². The lowest BCUT2D eigenvalue weighted by molar-refractivity contribution is 0.455. The molecule has 1 aromatic heterocycles. The van der Waals surface area contributed by atoms with Gasteiger partial charge in [0, 0.05) is 29.7 Å². The number of nitrogens with one attached hydrogen (secondary N) is 1. The summed E-state index contributed by atoms with van der Waals surface area (Å²) in [4.78, 5) is 5.72. The van der Waals surface area contributed by atoms with Crippen molar-refractivity contribution in [2.45, 2.75) is 37.8 Å². The Bertz CT molecular complexity index is 524. The van der Waals surface area contributed by atoms with E-state index in [2.05, 4.69) is 53.5 Å². The lowest BCUT2D eigenvalue weighted by Gasteiger charge is -2.16. The molecule has 1 aromatic carbocycles. The van der Waals surface area contributed by atoms with E-state index in [4.69, 9.17) is 0 Å². The Morgan fingerprint density at radius 1 is 1.24 bits per heavy atom. The third kappa shape index (κ3) is 5.17. The van der Waals surface area contributed by atoms with E-state index in [-0.39, 0.29) is 0 Å². The molecule has 0 aliphatic heterocycles. The molecule has 0 radical (unpaired) electrons. The van der Waals surface area contributed by atoms with Gasteiger partial charge in [-0.3, -0.25) is 0 Å². The first-order chi connectivity index (χ1) is 10.2. The smallest absolute Gasteiger partial charge is 0.138 e. The summed E-state index contributed by atoms with van der Waals surface area (Å²) in [5.41, 5.74) is 0. The summed E-state index contributed by atoms with van der Waals surface area (Å²) in [5, 5.41) is 7.72. The average Bonchev–Trinajstić information content (AvgIpc) is 2.90. The Balaban J connectivity index is 1.91. The van der Waals surface area contributed by atoms with Crippen molar-refractivity contribution in [3.63, 3.8) is 0 Å².